The van der Waals surface area contributed by atoms with Gasteiger partial charge in [0.2, 0.25) is 17.5 Å². The highest BCUT2D eigenvalue weighted by atomic mass is 16.8. The van der Waals surface area contributed by atoms with Crippen LogP contribution in [0.5, 0.6) is 23.0 Å². The van der Waals surface area contributed by atoms with Gasteiger partial charge in [-0.1, -0.05) is 0 Å². The quantitative estimate of drug-likeness (QED) is 0.0921. The number of benzene rings is 2. The van der Waals surface area contributed by atoms with E-state index in [0.29, 0.717) is 0 Å². The lowest BCUT2D eigenvalue weighted by atomic mass is 9.97. The summed E-state index contributed by atoms with van der Waals surface area (Å²) < 4.78 is 51.8. The molecule has 19 atom stereocenters. The topological polar surface area (TPSA) is 367 Å². The summed E-state index contributed by atoms with van der Waals surface area (Å²) in [7, 11) is 0. The molecular weight excluding hydrogens is 824 g/mol. The summed E-state index contributed by atoms with van der Waals surface area (Å²) in [5.41, 5.74) is -1.25. The summed E-state index contributed by atoms with van der Waals surface area (Å²) in [6.45, 7) is 1.54. The number of fused-ring (bicyclic) bond motifs is 1. The van der Waals surface area contributed by atoms with Gasteiger partial charge in [0, 0.05) is 17.7 Å². The molecule has 0 amide bonds. The Hall–Kier alpha value is -3.83. The van der Waals surface area contributed by atoms with E-state index in [1.807, 2.05) is 0 Å². The normalized spacial score (nSPS) is 40.8. The Morgan fingerprint density at radius 3 is 1.97 bits per heavy atom. The first kappa shape index (κ1) is 45.2. The van der Waals surface area contributed by atoms with Gasteiger partial charge in [-0.2, -0.15) is 0 Å². The molecule has 0 saturated carbocycles. The first-order chi connectivity index (χ1) is 28.9. The molecule has 338 valence electrons. The highest BCUT2D eigenvalue weighted by molar-refractivity contribution is 5.88. The molecule has 4 aliphatic heterocycles. The second-order valence-electron chi connectivity index (χ2n) is 15.3. The third-order valence-corrected chi connectivity index (χ3v) is 11.0. The zero-order chi connectivity index (χ0) is 44.2. The van der Waals surface area contributed by atoms with E-state index in [1.54, 1.807) is 0 Å². The number of rotatable bonds is 10. The van der Waals surface area contributed by atoms with E-state index in [2.05, 4.69) is 0 Å². The maximum absolute atomic E-state index is 14.2. The summed E-state index contributed by atoms with van der Waals surface area (Å²) in [4.78, 5) is 14.2. The molecule has 0 unspecified atom stereocenters. The molecule has 4 saturated heterocycles. The molecular formula is C38H48O23. The second kappa shape index (κ2) is 18.1. The largest absolute Gasteiger partial charge is 0.508 e. The summed E-state index contributed by atoms with van der Waals surface area (Å²) >= 11 is 0. The lowest BCUT2D eigenvalue weighted by molar-refractivity contribution is -0.365. The Labute approximate surface area is 344 Å². The minimum Gasteiger partial charge on any atom is -0.508 e. The van der Waals surface area contributed by atoms with Gasteiger partial charge < -0.3 is 109 Å². The number of phenolic OH excluding ortho intramolecular Hbond substituents is 3. The van der Waals surface area contributed by atoms with Gasteiger partial charge in [0.25, 0.3) is 0 Å². The lowest BCUT2D eigenvalue weighted by Crippen LogP contribution is -2.65. The van der Waals surface area contributed by atoms with Crippen molar-refractivity contribution in [2.75, 3.05) is 13.2 Å². The van der Waals surface area contributed by atoms with Crippen molar-refractivity contribution in [3.63, 3.8) is 0 Å². The van der Waals surface area contributed by atoms with Crippen LogP contribution in [-0.2, 0) is 33.2 Å². The van der Waals surface area contributed by atoms with Crippen molar-refractivity contribution in [2.24, 2.45) is 0 Å². The number of aromatic hydroxyl groups is 3. The highest BCUT2D eigenvalue weighted by Crippen LogP contribution is 2.39. The zero-order valence-corrected chi connectivity index (χ0v) is 32.2. The van der Waals surface area contributed by atoms with Gasteiger partial charge in [-0.05, 0) is 38.1 Å². The van der Waals surface area contributed by atoms with E-state index in [9.17, 15) is 71.2 Å². The standard InChI is InChI=1S/C38H48O23/c1-11-21(43)26(48)29(51)37(56-11)61-34-27(49)24(46)19(10-54-36-30(52)32(22(44)12(2)55-36)59-35-28(50)23(45)17(42)9-53-35)58-38(34)60-33-25(47)20-16(41)7-15(40)8-18(20)57-31(33)13-3-5-14(39)6-4-13/h3-8,11-12,17,19,21-24,26-30,32,34-46,48-52H,9-10H2,1-2H3/t11-,12-,17-,19+,21-,22-,23+,24-,26+,27-,28+,29+,30+,32+,34+,35+,36-,37+,38+/m0/s1. The number of ether oxygens (including phenoxy) is 8. The smallest absolute Gasteiger partial charge is 0.239 e. The van der Waals surface area contributed by atoms with E-state index in [1.165, 1.54) is 38.1 Å². The van der Waals surface area contributed by atoms with Crippen LogP contribution < -0.4 is 10.2 Å². The molecule has 0 bridgehead atoms. The first-order valence-corrected chi connectivity index (χ1v) is 19.2. The molecule has 0 spiro atoms. The molecule has 13 N–H and O–H groups in total. The summed E-state index contributed by atoms with van der Waals surface area (Å²) in [6, 6.07) is 7.06. The first-order valence-electron chi connectivity index (χ1n) is 19.2. The van der Waals surface area contributed by atoms with Crippen LogP contribution >= 0.6 is 0 Å². The Bertz CT molecular complexity index is 2030. The van der Waals surface area contributed by atoms with E-state index in [-0.39, 0.29) is 22.7 Å². The Balaban J connectivity index is 1.20. The molecule has 2 aromatic carbocycles. The Kier molecular flexibility index (Phi) is 13.4. The van der Waals surface area contributed by atoms with Crippen LogP contribution in [0.1, 0.15) is 13.8 Å². The molecule has 4 aliphatic rings. The predicted molar refractivity (Wildman–Crippen MR) is 196 cm³/mol. The van der Waals surface area contributed by atoms with Crippen molar-refractivity contribution in [3.05, 3.63) is 46.6 Å². The minimum atomic E-state index is -2.07. The number of aliphatic hydroxyl groups excluding tert-OH is 10. The summed E-state index contributed by atoms with van der Waals surface area (Å²) in [5, 5.41) is 137. The lowest BCUT2D eigenvalue weighted by Gasteiger charge is -2.46. The van der Waals surface area contributed by atoms with E-state index in [0.717, 1.165) is 12.1 Å². The van der Waals surface area contributed by atoms with Gasteiger partial charge >= 0.3 is 0 Å². The summed E-state index contributed by atoms with van der Waals surface area (Å²) in [5.74, 6) is -2.42. The maximum Gasteiger partial charge on any atom is 0.239 e. The molecule has 0 aliphatic carbocycles. The zero-order valence-electron chi connectivity index (χ0n) is 32.2. The van der Waals surface area contributed by atoms with Crippen molar-refractivity contribution in [3.8, 4) is 34.3 Å². The monoisotopic (exact) mass is 872 g/mol. The molecule has 0 radical (unpaired) electrons. The molecule has 5 heterocycles. The number of hydrogen-bond acceptors (Lipinski definition) is 23. The van der Waals surface area contributed by atoms with Gasteiger partial charge in [-0.15, -0.1) is 0 Å². The van der Waals surface area contributed by atoms with Gasteiger partial charge in [0.05, 0.1) is 25.4 Å². The number of phenols is 3. The van der Waals surface area contributed by atoms with Gasteiger partial charge in [-0.25, -0.2) is 0 Å². The molecule has 23 heteroatoms. The Morgan fingerprint density at radius 2 is 1.26 bits per heavy atom. The molecule has 23 nitrogen and oxygen atoms in total. The fourth-order valence-corrected chi connectivity index (χ4v) is 7.40. The molecule has 61 heavy (non-hydrogen) atoms. The molecule has 7 rings (SSSR count). The van der Waals surface area contributed by atoms with E-state index >= 15 is 0 Å². The maximum atomic E-state index is 14.2. The fraction of sp³-hybridized carbons (Fsp3) is 0.605. The van der Waals surface area contributed by atoms with Crippen molar-refractivity contribution < 1.29 is 109 Å². The highest BCUT2D eigenvalue weighted by Gasteiger charge is 2.53. The third kappa shape index (κ3) is 8.89. The van der Waals surface area contributed by atoms with Crippen molar-refractivity contribution in [1.29, 1.82) is 0 Å². The van der Waals surface area contributed by atoms with Crippen LogP contribution in [0.25, 0.3) is 22.3 Å². The van der Waals surface area contributed by atoms with Gasteiger partial charge in [0.1, 0.15) is 101 Å². The minimum absolute atomic E-state index is 0.105. The van der Waals surface area contributed by atoms with Crippen LogP contribution in [0.3, 0.4) is 0 Å². The molecule has 3 aromatic rings. The van der Waals surface area contributed by atoms with Crippen LogP contribution in [0, 0.1) is 0 Å². The number of aliphatic hydroxyl groups is 10. The second-order valence-corrected chi connectivity index (χ2v) is 15.3. The predicted octanol–water partition coefficient (Wildman–Crippen LogP) is -4.08. The van der Waals surface area contributed by atoms with Gasteiger partial charge in [0.15, 0.2) is 30.7 Å². The average molecular weight is 873 g/mol. The van der Waals surface area contributed by atoms with Crippen molar-refractivity contribution in [1.82, 2.24) is 0 Å². The van der Waals surface area contributed by atoms with Crippen LogP contribution in [-0.4, -0.2) is 196 Å². The third-order valence-electron chi connectivity index (χ3n) is 11.0. The van der Waals surface area contributed by atoms with Gasteiger partial charge in [-0.3, -0.25) is 4.79 Å². The Morgan fingerprint density at radius 1 is 0.623 bits per heavy atom. The number of hydrogen-bond donors (Lipinski definition) is 13. The fourth-order valence-electron chi connectivity index (χ4n) is 7.40. The summed E-state index contributed by atoms with van der Waals surface area (Å²) in [6.07, 6.45) is -32.2. The molecule has 4 fully saturated rings. The van der Waals surface area contributed by atoms with Crippen molar-refractivity contribution >= 4 is 11.0 Å². The van der Waals surface area contributed by atoms with Crippen LogP contribution in [0.2, 0.25) is 0 Å². The van der Waals surface area contributed by atoms with E-state index < -0.39 is 158 Å². The SMILES string of the molecule is C[C@@H]1O[C@H](O[C@H]2[C@@H](Oc3c(-c4ccc(O)cc4)oc4cc(O)cc(O)c4c3=O)O[C@H](CO[C@H]3O[C@@H](C)[C@H](O)[C@@H](O[C@H]4OC[C@H](O)[C@@H](O)[C@H]4O)[C@H]3O)[C@H](O)[C@@H]2O)[C@H](O)[C@H](O)[C@H]1O. The van der Waals surface area contributed by atoms with Crippen LogP contribution in [0.15, 0.2) is 45.6 Å². The molecule has 1 aromatic heterocycles. The van der Waals surface area contributed by atoms with Crippen molar-refractivity contribution in [2.45, 2.75) is 131 Å². The van der Waals surface area contributed by atoms with E-state index in [4.69, 9.17) is 42.3 Å². The van der Waals surface area contributed by atoms with Crippen LogP contribution in [0.4, 0.5) is 0 Å². The average Bonchev–Trinajstić information content (AvgIpc) is 3.22.